The Balaban J connectivity index is 2.29. The number of hydrogen-bond donors (Lipinski definition) is 2. The lowest BCUT2D eigenvalue weighted by molar-refractivity contribution is 0.697. The summed E-state index contributed by atoms with van der Waals surface area (Å²) < 4.78 is 1.63. The Hall–Kier alpha value is -1.88. The molecule has 1 heterocycles. The maximum absolute atomic E-state index is 11.6. The van der Waals surface area contributed by atoms with Crippen LogP contribution < -0.4 is 11.4 Å². The molecule has 0 fully saturated rings. The highest BCUT2D eigenvalue weighted by molar-refractivity contribution is 5.22. The van der Waals surface area contributed by atoms with E-state index >= 15 is 0 Å². The Morgan fingerprint density at radius 2 is 2.29 bits per heavy atom. The highest BCUT2D eigenvalue weighted by Crippen LogP contribution is 2.06. The van der Waals surface area contributed by atoms with E-state index in [1.807, 2.05) is 25.1 Å². The van der Waals surface area contributed by atoms with Gasteiger partial charge in [-0.05, 0) is 19.0 Å². The Morgan fingerprint density at radius 3 is 3.00 bits per heavy atom. The number of hydrogen-bond acceptors (Lipinski definition) is 3. The molecule has 0 aliphatic heterocycles. The number of nitrogens with one attached hydrogen (secondary N) is 1. The molecule has 0 bridgehead atoms. The van der Waals surface area contributed by atoms with Crippen LogP contribution in [0.25, 0.3) is 0 Å². The molecule has 0 aliphatic carbocycles. The van der Waals surface area contributed by atoms with Gasteiger partial charge in [0, 0.05) is 6.42 Å². The van der Waals surface area contributed by atoms with Crippen LogP contribution in [0, 0.1) is 6.92 Å². The van der Waals surface area contributed by atoms with Gasteiger partial charge in [-0.25, -0.2) is 9.89 Å². The van der Waals surface area contributed by atoms with Crippen molar-refractivity contribution in [2.75, 3.05) is 6.54 Å². The molecule has 2 aromatic rings. The fraction of sp³-hybridized carbons (Fsp3) is 0.333. The summed E-state index contributed by atoms with van der Waals surface area (Å²) in [6, 6.07) is 8.07. The zero-order chi connectivity index (χ0) is 12.3. The van der Waals surface area contributed by atoms with Gasteiger partial charge in [0.25, 0.3) is 0 Å². The molecule has 3 N–H and O–H groups in total. The van der Waals surface area contributed by atoms with Crippen LogP contribution in [0.1, 0.15) is 17.0 Å². The van der Waals surface area contributed by atoms with Gasteiger partial charge in [-0.1, -0.05) is 29.8 Å². The first-order valence-electron chi connectivity index (χ1n) is 5.60. The number of aryl methyl sites for hydroxylation is 1. The second kappa shape index (κ2) is 4.97. The van der Waals surface area contributed by atoms with Crippen molar-refractivity contribution in [3.8, 4) is 0 Å². The van der Waals surface area contributed by atoms with Crippen LogP contribution in [0.2, 0.25) is 0 Å². The zero-order valence-corrected chi connectivity index (χ0v) is 9.81. The summed E-state index contributed by atoms with van der Waals surface area (Å²) in [5.74, 6) is 0.707. The molecule has 0 atom stereocenters. The quantitative estimate of drug-likeness (QED) is 0.802. The fourth-order valence-electron chi connectivity index (χ4n) is 1.83. The van der Waals surface area contributed by atoms with Crippen molar-refractivity contribution in [3.05, 3.63) is 51.7 Å². The molecular weight excluding hydrogens is 216 g/mol. The highest BCUT2D eigenvalue weighted by Gasteiger charge is 2.07. The number of nitrogens with two attached hydrogens (primary N) is 1. The van der Waals surface area contributed by atoms with E-state index in [9.17, 15) is 4.79 Å². The molecule has 0 unspecified atom stereocenters. The summed E-state index contributed by atoms with van der Waals surface area (Å²) in [6.45, 7) is 3.05. The lowest BCUT2D eigenvalue weighted by Gasteiger charge is -2.05. The summed E-state index contributed by atoms with van der Waals surface area (Å²) in [5.41, 5.74) is 7.57. The molecular formula is C12H16N4O. The van der Waals surface area contributed by atoms with Crippen molar-refractivity contribution >= 4 is 0 Å². The molecule has 0 aliphatic rings. The van der Waals surface area contributed by atoms with Crippen LogP contribution in [0.15, 0.2) is 29.1 Å². The monoisotopic (exact) mass is 232 g/mol. The largest absolute Gasteiger partial charge is 0.343 e. The second-order valence-electron chi connectivity index (χ2n) is 4.06. The summed E-state index contributed by atoms with van der Waals surface area (Å²) in [4.78, 5) is 11.6. The third-order valence-electron chi connectivity index (χ3n) is 2.63. The number of nitrogens with zero attached hydrogens (tertiary/aromatic N) is 2. The third kappa shape index (κ3) is 2.62. The number of aromatic amines is 1. The van der Waals surface area contributed by atoms with E-state index in [0.29, 0.717) is 25.3 Å². The molecule has 0 saturated carbocycles. The van der Waals surface area contributed by atoms with Crippen LogP contribution in [-0.2, 0) is 13.0 Å². The summed E-state index contributed by atoms with van der Waals surface area (Å²) >= 11 is 0. The maximum atomic E-state index is 11.6. The van der Waals surface area contributed by atoms with E-state index in [-0.39, 0.29) is 5.69 Å². The normalized spacial score (nSPS) is 10.7. The molecule has 0 saturated heterocycles. The first-order chi connectivity index (χ1) is 8.20. The Bertz CT molecular complexity index is 556. The molecule has 2 rings (SSSR count). The predicted octanol–water partition coefficient (Wildman–Crippen LogP) is 0.429. The predicted molar refractivity (Wildman–Crippen MR) is 65.9 cm³/mol. The topological polar surface area (TPSA) is 76.7 Å². The molecule has 17 heavy (non-hydrogen) atoms. The van der Waals surface area contributed by atoms with Crippen molar-refractivity contribution < 1.29 is 0 Å². The fourth-order valence-corrected chi connectivity index (χ4v) is 1.83. The van der Waals surface area contributed by atoms with Gasteiger partial charge in [0.05, 0.1) is 6.54 Å². The standard InChI is InChI=1S/C12H16N4O/c1-9-3-2-4-10(7-9)8-16-11(5-6-13)14-15-12(16)17/h2-4,7H,5-6,8,13H2,1H3,(H,15,17). The van der Waals surface area contributed by atoms with E-state index in [0.717, 1.165) is 5.56 Å². The minimum Gasteiger partial charge on any atom is -0.330 e. The summed E-state index contributed by atoms with van der Waals surface area (Å²) in [7, 11) is 0. The Kier molecular flexibility index (Phi) is 3.39. The van der Waals surface area contributed by atoms with E-state index in [1.165, 1.54) is 5.56 Å². The smallest absolute Gasteiger partial charge is 0.330 e. The average molecular weight is 232 g/mol. The third-order valence-corrected chi connectivity index (χ3v) is 2.63. The average Bonchev–Trinajstić information content (AvgIpc) is 2.62. The lowest BCUT2D eigenvalue weighted by Crippen LogP contribution is -2.21. The van der Waals surface area contributed by atoms with Crippen LogP contribution in [0.3, 0.4) is 0 Å². The Labute approximate surface area is 99.3 Å². The van der Waals surface area contributed by atoms with Crippen LogP contribution >= 0.6 is 0 Å². The SMILES string of the molecule is Cc1cccc(Cn2c(CCN)n[nH]c2=O)c1. The van der Waals surface area contributed by atoms with Gasteiger partial charge in [0.15, 0.2) is 0 Å². The molecule has 90 valence electrons. The zero-order valence-electron chi connectivity index (χ0n) is 9.81. The summed E-state index contributed by atoms with van der Waals surface area (Å²) in [5, 5.41) is 6.43. The van der Waals surface area contributed by atoms with Crippen molar-refractivity contribution in [3.63, 3.8) is 0 Å². The van der Waals surface area contributed by atoms with E-state index in [4.69, 9.17) is 5.73 Å². The van der Waals surface area contributed by atoms with Crippen molar-refractivity contribution in [2.45, 2.75) is 19.9 Å². The van der Waals surface area contributed by atoms with Gasteiger partial charge in [-0.15, -0.1) is 0 Å². The first-order valence-corrected chi connectivity index (χ1v) is 5.60. The molecule has 0 amide bonds. The highest BCUT2D eigenvalue weighted by atomic mass is 16.1. The number of H-pyrrole nitrogens is 1. The van der Waals surface area contributed by atoms with Gasteiger partial charge >= 0.3 is 5.69 Å². The number of benzene rings is 1. The van der Waals surface area contributed by atoms with Crippen molar-refractivity contribution in [2.24, 2.45) is 5.73 Å². The number of aromatic nitrogens is 3. The maximum Gasteiger partial charge on any atom is 0.343 e. The summed E-state index contributed by atoms with van der Waals surface area (Å²) in [6.07, 6.45) is 0.602. The van der Waals surface area contributed by atoms with Gasteiger partial charge < -0.3 is 5.73 Å². The number of rotatable bonds is 4. The van der Waals surface area contributed by atoms with Gasteiger partial charge in [-0.3, -0.25) is 4.57 Å². The molecule has 0 spiro atoms. The van der Waals surface area contributed by atoms with Crippen molar-refractivity contribution in [1.82, 2.24) is 14.8 Å². The van der Waals surface area contributed by atoms with Crippen molar-refractivity contribution in [1.29, 1.82) is 0 Å². The van der Waals surface area contributed by atoms with E-state index in [2.05, 4.69) is 16.3 Å². The second-order valence-corrected chi connectivity index (χ2v) is 4.06. The lowest BCUT2D eigenvalue weighted by atomic mass is 10.1. The molecule has 1 aromatic carbocycles. The van der Waals surface area contributed by atoms with Crippen LogP contribution in [0.4, 0.5) is 0 Å². The minimum absolute atomic E-state index is 0.185. The molecule has 1 aromatic heterocycles. The molecule has 5 nitrogen and oxygen atoms in total. The Morgan fingerprint density at radius 1 is 1.47 bits per heavy atom. The van der Waals surface area contributed by atoms with Crippen LogP contribution in [-0.4, -0.2) is 21.3 Å². The van der Waals surface area contributed by atoms with Gasteiger partial charge in [-0.2, -0.15) is 5.10 Å². The van der Waals surface area contributed by atoms with Gasteiger partial charge in [0.2, 0.25) is 0 Å². The van der Waals surface area contributed by atoms with Crippen LogP contribution in [0.5, 0.6) is 0 Å². The van der Waals surface area contributed by atoms with E-state index in [1.54, 1.807) is 4.57 Å². The molecule has 5 heteroatoms. The molecule has 0 radical (unpaired) electrons. The first kappa shape index (κ1) is 11.6. The minimum atomic E-state index is -0.185. The van der Waals surface area contributed by atoms with E-state index < -0.39 is 0 Å². The van der Waals surface area contributed by atoms with Gasteiger partial charge in [0.1, 0.15) is 5.82 Å².